The summed E-state index contributed by atoms with van der Waals surface area (Å²) in [5.41, 5.74) is 1.20. The number of benzene rings is 1. The topological polar surface area (TPSA) is 91.3 Å². The van der Waals surface area contributed by atoms with Gasteiger partial charge in [0.25, 0.3) is 0 Å². The number of aromatic hydroxyl groups is 1. The number of hydrogen-bond acceptors (Lipinski definition) is 6. The number of nitrogens with one attached hydrogen (secondary N) is 1. The van der Waals surface area contributed by atoms with Crippen molar-refractivity contribution in [2.24, 2.45) is 0 Å². The number of carboxylic acid groups (broad SMARTS) is 1. The fourth-order valence-corrected chi connectivity index (χ4v) is 6.04. The molecule has 27 heavy (non-hydrogen) atoms. The van der Waals surface area contributed by atoms with E-state index < -0.39 is 17.0 Å². The molecule has 0 amide bonds. The second-order valence-electron chi connectivity index (χ2n) is 8.07. The molecule has 0 radical (unpaired) electrons. The van der Waals surface area contributed by atoms with Crippen LogP contribution in [-0.4, -0.2) is 72.1 Å². The van der Waals surface area contributed by atoms with Gasteiger partial charge in [0.05, 0.1) is 18.0 Å². The first-order valence-electron chi connectivity index (χ1n) is 9.36. The highest BCUT2D eigenvalue weighted by Crippen LogP contribution is 2.64. The van der Waals surface area contributed by atoms with Crippen LogP contribution in [0.2, 0.25) is 0 Å². The molecule has 2 heterocycles. The molecule has 0 unspecified atom stereocenters. The summed E-state index contributed by atoms with van der Waals surface area (Å²) in [4.78, 5) is 13.5. The molecule has 144 valence electrons. The highest BCUT2D eigenvalue weighted by Gasteiger charge is 2.72. The van der Waals surface area contributed by atoms with Crippen LogP contribution in [0.15, 0.2) is 24.3 Å². The average molecular weight is 372 g/mol. The molecule has 1 fully saturated rings. The summed E-state index contributed by atoms with van der Waals surface area (Å²) >= 11 is 0. The predicted molar refractivity (Wildman–Crippen MR) is 97.2 cm³/mol. The quantitative estimate of drug-likeness (QED) is 0.669. The third-order valence-electron chi connectivity index (χ3n) is 7.10. The molecule has 3 N–H and O–H groups in total. The molecule has 1 aromatic carbocycles. The van der Waals surface area contributed by atoms with Crippen molar-refractivity contribution in [1.29, 1.82) is 0 Å². The Morgan fingerprint density at radius 2 is 2.30 bits per heavy atom. The van der Waals surface area contributed by atoms with Crippen molar-refractivity contribution >= 4 is 5.97 Å². The van der Waals surface area contributed by atoms with Crippen LogP contribution in [0, 0.1) is 0 Å². The van der Waals surface area contributed by atoms with Gasteiger partial charge in [-0.15, -0.1) is 0 Å². The number of carboxylic acids is 1. The second kappa shape index (κ2) is 5.47. The minimum absolute atomic E-state index is 0.136. The summed E-state index contributed by atoms with van der Waals surface area (Å²) in [6.45, 7) is 0.743. The number of aliphatic carboxylic acids is 1. The summed E-state index contributed by atoms with van der Waals surface area (Å²) in [5, 5.41) is 22.7. The van der Waals surface area contributed by atoms with Gasteiger partial charge < -0.3 is 19.7 Å². The molecule has 7 heteroatoms. The number of likely N-dealkylation sites (N-methyl/N-ethyl adjacent to an activating group) is 1. The van der Waals surface area contributed by atoms with E-state index in [0.717, 1.165) is 24.9 Å². The molecule has 0 saturated carbocycles. The lowest BCUT2D eigenvalue weighted by atomic mass is 9.50. The molecule has 1 aromatic rings. The highest BCUT2D eigenvalue weighted by molar-refractivity contribution is 5.69. The molecular weight excluding hydrogens is 348 g/mol. The van der Waals surface area contributed by atoms with E-state index in [1.807, 2.05) is 12.1 Å². The summed E-state index contributed by atoms with van der Waals surface area (Å²) in [5.74, 6) is -0.238. The Labute approximate surface area is 157 Å². The monoisotopic (exact) mass is 372 g/mol. The van der Waals surface area contributed by atoms with Gasteiger partial charge in [-0.2, -0.15) is 0 Å². The van der Waals surface area contributed by atoms with E-state index in [-0.39, 0.29) is 30.5 Å². The summed E-state index contributed by atoms with van der Waals surface area (Å²) in [6.07, 6.45) is 5.39. The fourth-order valence-electron chi connectivity index (χ4n) is 6.04. The number of phenols is 1. The Morgan fingerprint density at radius 1 is 1.48 bits per heavy atom. The Bertz CT molecular complexity index is 855. The number of phenolic OH excluding ortho intramolecular Hbond substituents is 1. The van der Waals surface area contributed by atoms with Crippen molar-refractivity contribution in [3.05, 3.63) is 35.4 Å². The molecule has 1 saturated heterocycles. The van der Waals surface area contributed by atoms with Gasteiger partial charge in [-0.3, -0.25) is 15.0 Å². The predicted octanol–water partition coefficient (Wildman–Crippen LogP) is 0.649. The maximum Gasteiger partial charge on any atom is 0.317 e. The minimum Gasteiger partial charge on any atom is -0.504 e. The van der Waals surface area contributed by atoms with E-state index in [9.17, 15) is 9.90 Å². The number of rotatable bonds is 4. The number of piperidine rings is 1. The largest absolute Gasteiger partial charge is 0.504 e. The van der Waals surface area contributed by atoms with Gasteiger partial charge in [0.2, 0.25) is 0 Å². The first-order valence-corrected chi connectivity index (χ1v) is 9.36. The number of methoxy groups -OCH3 is 1. The lowest BCUT2D eigenvalue weighted by molar-refractivity contribution is -0.157. The summed E-state index contributed by atoms with van der Waals surface area (Å²) in [7, 11) is 3.87. The normalized spacial score (nSPS) is 38.4. The van der Waals surface area contributed by atoms with Crippen molar-refractivity contribution < 1.29 is 24.5 Å². The average Bonchev–Trinajstić information content (AvgIpc) is 3.01. The third-order valence-corrected chi connectivity index (χ3v) is 7.10. The van der Waals surface area contributed by atoms with E-state index in [0.29, 0.717) is 5.75 Å². The fraction of sp³-hybridized carbons (Fsp3) is 0.550. The SMILES string of the molecule is CO[C@@]12C=C[C@H](NCC(=O)O)[C@@H]3Oc4c(O)ccc5c4[C@@]31CCN(C)[C@@H]2C5. The van der Waals surface area contributed by atoms with Gasteiger partial charge in [0.15, 0.2) is 11.5 Å². The Kier molecular flexibility index (Phi) is 3.45. The molecular formula is C20H24N2O5. The molecule has 2 aliphatic carbocycles. The maximum absolute atomic E-state index is 11.1. The van der Waals surface area contributed by atoms with Crippen LogP contribution in [0.5, 0.6) is 11.5 Å². The van der Waals surface area contributed by atoms with Crippen LogP contribution in [0.25, 0.3) is 0 Å². The number of nitrogens with zero attached hydrogens (tertiary/aromatic N) is 1. The van der Waals surface area contributed by atoms with Crippen LogP contribution in [0.4, 0.5) is 0 Å². The molecule has 0 aromatic heterocycles. The maximum atomic E-state index is 11.1. The number of likely N-dealkylation sites (tertiary alicyclic amines) is 1. The van der Waals surface area contributed by atoms with Gasteiger partial charge in [-0.05, 0) is 38.1 Å². The van der Waals surface area contributed by atoms with E-state index in [1.165, 1.54) is 5.56 Å². The molecule has 2 bridgehead atoms. The summed E-state index contributed by atoms with van der Waals surface area (Å²) in [6, 6.07) is 3.57. The zero-order valence-corrected chi connectivity index (χ0v) is 15.4. The minimum atomic E-state index is -0.909. The zero-order valence-electron chi connectivity index (χ0n) is 15.4. The van der Waals surface area contributed by atoms with Crippen LogP contribution in [0.3, 0.4) is 0 Å². The first-order chi connectivity index (χ1) is 12.9. The zero-order chi connectivity index (χ0) is 19.0. The van der Waals surface area contributed by atoms with Gasteiger partial charge >= 0.3 is 5.97 Å². The number of hydrogen-bond donors (Lipinski definition) is 3. The standard InChI is InChI=1S/C20H24N2O5/c1-22-8-7-19-16-11-3-4-13(23)17(16)27-18(19)12(21-10-15(24)25)5-6-20(19,26-2)14(22)9-11/h3-6,12,14,18,21,23H,7-10H2,1-2H3,(H,24,25)/t12-,14+,18-,19-,20+/m0/s1. The highest BCUT2D eigenvalue weighted by atomic mass is 16.5. The van der Waals surface area contributed by atoms with Gasteiger partial charge in [-0.25, -0.2) is 0 Å². The Balaban J connectivity index is 1.74. The Hall–Kier alpha value is -2.09. The molecule has 4 aliphatic rings. The van der Waals surface area contributed by atoms with Gasteiger partial charge in [0, 0.05) is 18.7 Å². The number of carbonyl (C=O) groups is 1. The van der Waals surface area contributed by atoms with Crippen molar-refractivity contribution in [2.45, 2.75) is 42.0 Å². The van der Waals surface area contributed by atoms with Crippen molar-refractivity contribution in [3.63, 3.8) is 0 Å². The van der Waals surface area contributed by atoms with Crippen molar-refractivity contribution in [3.8, 4) is 11.5 Å². The van der Waals surface area contributed by atoms with Crippen LogP contribution in [-0.2, 0) is 21.4 Å². The van der Waals surface area contributed by atoms with Crippen molar-refractivity contribution in [1.82, 2.24) is 10.2 Å². The van der Waals surface area contributed by atoms with Gasteiger partial charge in [-0.1, -0.05) is 18.2 Å². The van der Waals surface area contributed by atoms with Gasteiger partial charge in [0.1, 0.15) is 11.7 Å². The second-order valence-corrected chi connectivity index (χ2v) is 8.07. The van der Waals surface area contributed by atoms with Crippen molar-refractivity contribution in [2.75, 3.05) is 27.2 Å². The lowest BCUT2D eigenvalue weighted by Crippen LogP contribution is -2.76. The van der Waals surface area contributed by atoms with E-state index in [4.69, 9.17) is 14.6 Å². The van der Waals surface area contributed by atoms with E-state index in [2.05, 4.69) is 23.3 Å². The van der Waals surface area contributed by atoms with Crippen LogP contribution >= 0.6 is 0 Å². The molecule has 5 atom stereocenters. The smallest absolute Gasteiger partial charge is 0.317 e. The molecule has 7 nitrogen and oxygen atoms in total. The van der Waals surface area contributed by atoms with Crippen LogP contribution in [0.1, 0.15) is 17.5 Å². The third kappa shape index (κ3) is 1.89. The molecule has 1 spiro atoms. The van der Waals surface area contributed by atoms with Crippen LogP contribution < -0.4 is 10.1 Å². The van der Waals surface area contributed by atoms with E-state index >= 15 is 0 Å². The summed E-state index contributed by atoms with van der Waals surface area (Å²) < 4.78 is 12.6. The Morgan fingerprint density at radius 3 is 3.04 bits per heavy atom. The molecule has 2 aliphatic heterocycles. The number of ether oxygens (including phenoxy) is 2. The molecule has 5 rings (SSSR count). The van der Waals surface area contributed by atoms with E-state index in [1.54, 1.807) is 13.2 Å². The lowest BCUT2D eigenvalue weighted by Gasteiger charge is -2.63. The first kappa shape index (κ1) is 17.0.